The molecule has 28 heavy (non-hydrogen) atoms. The maximum atomic E-state index is 12.6. The molecule has 1 aromatic carbocycles. The fraction of sp³-hybridized carbons (Fsp3) is 0.429. The van der Waals surface area contributed by atoms with Crippen molar-refractivity contribution in [3.8, 4) is 11.5 Å². The van der Waals surface area contributed by atoms with Crippen LogP contribution < -0.4 is 15.0 Å². The summed E-state index contributed by atoms with van der Waals surface area (Å²) in [4.78, 5) is 22.6. The van der Waals surface area contributed by atoms with E-state index in [1.54, 1.807) is 30.2 Å². The Balaban J connectivity index is 1.34. The van der Waals surface area contributed by atoms with Crippen LogP contribution >= 0.6 is 23.1 Å². The van der Waals surface area contributed by atoms with E-state index >= 15 is 0 Å². The molecule has 2 aromatic heterocycles. The number of aromatic amines is 1. The number of nitrogens with one attached hydrogen (secondary N) is 1. The fourth-order valence-electron chi connectivity index (χ4n) is 3.52. The zero-order valence-corrected chi connectivity index (χ0v) is 17.8. The lowest BCUT2D eigenvalue weighted by molar-refractivity contribution is 0.342. The Hall–Kier alpha value is -1.99. The second-order valence-electron chi connectivity index (χ2n) is 7.12. The molecule has 0 saturated carbocycles. The molecule has 3 aromatic rings. The van der Waals surface area contributed by atoms with Crippen LogP contribution in [0.25, 0.3) is 10.2 Å². The van der Waals surface area contributed by atoms with Gasteiger partial charge in [-0.15, -0.1) is 11.3 Å². The second kappa shape index (κ2) is 8.57. The highest BCUT2D eigenvalue weighted by atomic mass is 32.2. The SMILES string of the molecule is COc1ccc(OCCSCc2nc3sc4c(c3c(=O)[nH]2)CCC(C)C4)cc1. The van der Waals surface area contributed by atoms with Gasteiger partial charge in [-0.05, 0) is 55.0 Å². The maximum absolute atomic E-state index is 12.6. The van der Waals surface area contributed by atoms with Crippen molar-refractivity contribution >= 4 is 33.3 Å². The average Bonchev–Trinajstić information content (AvgIpc) is 3.06. The third-order valence-corrected chi connectivity index (χ3v) is 7.09. The van der Waals surface area contributed by atoms with E-state index in [4.69, 9.17) is 14.5 Å². The Labute approximate surface area is 172 Å². The zero-order valence-electron chi connectivity index (χ0n) is 16.1. The number of hydrogen-bond donors (Lipinski definition) is 1. The molecule has 0 aliphatic heterocycles. The minimum absolute atomic E-state index is 0.0159. The lowest BCUT2D eigenvalue weighted by atomic mass is 9.89. The van der Waals surface area contributed by atoms with Crippen LogP contribution in [0.5, 0.6) is 11.5 Å². The Kier molecular flexibility index (Phi) is 5.92. The van der Waals surface area contributed by atoms with Gasteiger partial charge in [-0.2, -0.15) is 11.8 Å². The quantitative estimate of drug-likeness (QED) is 0.577. The molecule has 7 heteroatoms. The molecule has 1 N–H and O–H groups in total. The molecule has 0 amide bonds. The van der Waals surface area contributed by atoms with E-state index in [0.29, 0.717) is 18.3 Å². The molecule has 0 radical (unpaired) electrons. The molecule has 0 spiro atoms. The molecular weight excluding hydrogens is 392 g/mol. The lowest BCUT2D eigenvalue weighted by Crippen LogP contribution is -2.14. The van der Waals surface area contributed by atoms with Crippen LogP contribution in [-0.2, 0) is 18.6 Å². The monoisotopic (exact) mass is 416 g/mol. The number of thiophene rings is 1. The predicted molar refractivity (Wildman–Crippen MR) is 116 cm³/mol. The fourth-order valence-corrected chi connectivity index (χ4v) is 5.60. The third kappa shape index (κ3) is 4.20. The number of aryl methyl sites for hydroxylation is 1. The molecule has 1 aliphatic carbocycles. The summed E-state index contributed by atoms with van der Waals surface area (Å²) < 4.78 is 10.9. The summed E-state index contributed by atoms with van der Waals surface area (Å²) in [5.41, 5.74) is 1.25. The number of rotatable bonds is 7. The predicted octanol–water partition coefficient (Wildman–Crippen LogP) is 4.43. The number of ether oxygens (including phenoxy) is 2. The van der Waals surface area contributed by atoms with E-state index in [1.165, 1.54) is 10.4 Å². The van der Waals surface area contributed by atoms with Crippen molar-refractivity contribution in [1.82, 2.24) is 9.97 Å². The van der Waals surface area contributed by atoms with E-state index in [0.717, 1.165) is 52.6 Å². The summed E-state index contributed by atoms with van der Waals surface area (Å²) in [5, 5.41) is 0.823. The van der Waals surface area contributed by atoms with Crippen molar-refractivity contribution in [2.24, 2.45) is 5.92 Å². The van der Waals surface area contributed by atoms with Crippen molar-refractivity contribution in [3.05, 3.63) is 50.9 Å². The van der Waals surface area contributed by atoms with Crippen LogP contribution in [0, 0.1) is 5.92 Å². The van der Waals surface area contributed by atoms with Gasteiger partial charge in [0.1, 0.15) is 22.2 Å². The molecule has 4 rings (SSSR count). The normalized spacial score (nSPS) is 16.1. The minimum atomic E-state index is 0.0159. The van der Waals surface area contributed by atoms with Crippen LogP contribution in [0.4, 0.5) is 0 Å². The van der Waals surface area contributed by atoms with Crippen molar-refractivity contribution in [2.45, 2.75) is 31.9 Å². The standard InChI is InChI=1S/C21H24N2O3S2/c1-13-3-8-16-17(11-13)28-21-19(16)20(24)22-18(23-21)12-27-10-9-26-15-6-4-14(25-2)5-7-15/h4-7,13H,3,8-12H2,1-2H3,(H,22,23,24). The van der Waals surface area contributed by atoms with Crippen molar-refractivity contribution < 1.29 is 9.47 Å². The van der Waals surface area contributed by atoms with Crippen LogP contribution in [-0.4, -0.2) is 29.4 Å². The smallest absolute Gasteiger partial charge is 0.259 e. The maximum Gasteiger partial charge on any atom is 0.259 e. The van der Waals surface area contributed by atoms with Crippen molar-refractivity contribution in [3.63, 3.8) is 0 Å². The highest BCUT2D eigenvalue weighted by Gasteiger charge is 2.22. The molecule has 1 aliphatic rings. The van der Waals surface area contributed by atoms with Crippen LogP contribution in [0.2, 0.25) is 0 Å². The van der Waals surface area contributed by atoms with Gasteiger partial charge in [0, 0.05) is 10.6 Å². The number of H-pyrrole nitrogens is 1. The first-order chi connectivity index (χ1) is 13.6. The Morgan fingerprint density at radius 3 is 2.86 bits per heavy atom. The number of thioether (sulfide) groups is 1. The van der Waals surface area contributed by atoms with E-state index in [-0.39, 0.29) is 5.56 Å². The Bertz CT molecular complexity index is 1010. The third-order valence-electron chi connectivity index (χ3n) is 5.01. The Morgan fingerprint density at radius 2 is 2.07 bits per heavy atom. The van der Waals surface area contributed by atoms with Crippen molar-refractivity contribution in [2.75, 3.05) is 19.5 Å². The largest absolute Gasteiger partial charge is 0.497 e. The van der Waals surface area contributed by atoms with Gasteiger partial charge in [0.2, 0.25) is 0 Å². The molecule has 5 nitrogen and oxygen atoms in total. The summed E-state index contributed by atoms with van der Waals surface area (Å²) in [5.74, 6) is 4.59. The number of aromatic nitrogens is 2. The highest BCUT2D eigenvalue weighted by Crippen LogP contribution is 2.35. The second-order valence-corrected chi connectivity index (χ2v) is 9.31. The van der Waals surface area contributed by atoms with E-state index in [2.05, 4.69) is 11.9 Å². The van der Waals surface area contributed by atoms with E-state index in [9.17, 15) is 4.79 Å². The molecule has 1 unspecified atom stereocenters. The van der Waals surface area contributed by atoms with Gasteiger partial charge in [0.15, 0.2) is 0 Å². The number of nitrogens with zero attached hydrogens (tertiary/aromatic N) is 1. The topological polar surface area (TPSA) is 64.2 Å². The van der Waals surface area contributed by atoms with Crippen molar-refractivity contribution in [1.29, 1.82) is 0 Å². The molecule has 2 heterocycles. The summed E-state index contributed by atoms with van der Waals surface area (Å²) >= 11 is 3.41. The summed E-state index contributed by atoms with van der Waals surface area (Å²) in [6.07, 6.45) is 3.23. The van der Waals surface area contributed by atoms with E-state index < -0.39 is 0 Å². The minimum Gasteiger partial charge on any atom is -0.497 e. The first kappa shape index (κ1) is 19.3. The number of fused-ring (bicyclic) bond motifs is 3. The first-order valence-electron chi connectivity index (χ1n) is 9.52. The van der Waals surface area contributed by atoms with Crippen LogP contribution in [0.1, 0.15) is 29.6 Å². The van der Waals surface area contributed by atoms with Gasteiger partial charge in [-0.25, -0.2) is 4.98 Å². The number of benzene rings is 1. The first-order valence-corrected chi connectivity index (χ1v) is 11.5. The van der Waals surface area contributed by atoms with Gasteiger partial charge in [-0.3, -0.25) is 4.79 Å². The summed E-state index contributed by atoms with van der Waals surface area (Å²) in [6.45, 7) is 2.88. The lowest BCUT2D eigenvalue weighted by Gasteiger charge is -2.17. The number of methoxy groups -OCH3 is 1. The van der Waals surface area contributed by atoms with Crippen LogP contribution in [0.3, 0.4) is 0 Å². The van der Waals surface area contributed by atoms with Gasteiger partial charge < -0.3 is 14.5 Å². The van der Waals surface area contributed by atoms with E-state index in [1.807, 2.05) is 24.3 Å². The molecule has 1 atom stereocenters. The molecule has 0 bridgehead atoms. The number of hydrogen-bond acceptors (Lipinski definition) is 6. The van der Waals surface area contributed by atoms with Gasteiger partial charge >= 0.3 is 0 Å². The summed E-state index contributed by atoms with van der Waals surface area (Å²) in [6, 6.07) is 7.56. The molecule has 0 fully saturated rings. The van der Waals surface area contributed by atoms with Gasteiger partial charge in [0.25, 0.3) is 5.56 Å². The average molecular weight is 417 g/mol. The summed E-state index contributed by atoms with van der Waals surface area (Å²) in [7, 11) is 1.65. The van der Waals surface area contributed by atoms with Gasteiger partial charge in [0.05, 0.1) is 24.9 Å². The zero-order chi connectivity index (χ0) is 19.5. The molecule has 0 saturated heterocycles. The Morgan fingerprint density at radius 1 is 1.29 bits per heavy atom. The highest BCUT2D eigenvalue weighted by molar-refractivity contribution is 7.98. The molecular formula is C21H24N2O3S2. The van der Waals surface area contributed by atoms with Gasteiger partial charge in [-0.1, -0.05) is 6.92 Å². The molecule has 148 valence electrons. The van der Waals surface area contributed by atoms with Crippen LogP contribution in [0.15, 0.2) is 29.1 Å².